The van der Waals surface area contributed by atoms with Gasteiger partial charge in [0.15, 0.2) is 0 Å². The van der Waals surface area contributed by atoms with E-state index >= 15 is 0 Å². The molecular formula is C21H29N3O3S. The fourth-order valence-electron chi connectivity index (χ4n) is 4.85. The number of fused-ring (bicyclic) bond motifs is 1. The van der Waals surface area contributed by atoms with Crippen molar-refractivity contribution >= 4 is 11.8 Å². The number of thioether (sulfide) groups is 1. The summed E-state index contributed by atoms with van der Waals surface area (Å²) in [5.74, 6) is 2.94. The molecule has 1 aromatic heterocycles. The number of hydrogen-bond acceptors (Lipinski definition) is 6. The highest BCUT2D eigenvalue weighted by Crippen LogP contribution is 2.42. The third-order valence-electron chi connectivity index (χ3n) is 6.23. The Morgan fingerprint density at radius 3 is 2.54 bits per heavy atom. The summed E-state index contributed by atoms with van der Waals surface area (Å²) in [6.45, 7) is 2.90. The first kappa shape index (κ1) is 19.6. The summed E-state index contributed by atoms with van der Waals surface area (Å²) in [4.78, 5) is 3.58. The third-order valence-corrected chi connectivity index (χ3v) is 6.99. The van der Waals surface area contributed by atoms with Crippen LogP contribution in [0.5, 0.6) is 11.5 Å². The maximum atomic E-state index is 10.7. The molecule has 1 saturated carbocycles. The average Bonchev–Trinajstić information content (AvgIpc) is 3.36. The van der Waals surface area contributed by atoms with Crippen molar-refractivity contribution in [2.45, 2.75) is 36.4 Å². The minimum atomic E-state index is -0.323. The normalized spacial score (nSPS) is 27.6. The Morgan fingerprint density at radius 2 is 1.89 bits per heavy atom. The van der Waals surface area contributed by atoms with E-state index in [1.54, 1.807) is 32.2 Å². The largest absolute Gasteiger partial charge is 0.496 e. The number of aliphatic hydroxyl groups is 1. The van der Waals surface area contributed by atoms with Crippen molar-refractivity contribution in [2.24, 2.45) is 11.8 Å². The Morgan fingerprint density at radius 1 is 1.14 bits per heavy atom. The molecule has 2 fully saturated rings. The fraction of sp³-hybridized carbons (Fsp3) is 0.571. The molecule has 0 bridgehead atoms. The van der Waals surface area contributed by atoms with Gasteiger partial charge in [0.25, 0.3) is 0 Å². The summed E-state index contributed by atoms with van der Waals surface area (Å²) in [6.07, 6.45) is 7.30. The lowest BCUT2D eigenvalue weighted by atomic mass is 9.77. The highest BCUT2D eigenvalue weighted by Gasteiger charge is 2.42. The minimum absolute atomic E-state index is 0.0895. The molecule has 1 aromatic carbocycles. The van der Waals surface area contributed by atoms with Gasteiger partial charge >= 0.3 is 0 Å². The van der Waals surface area contributed by atoms with Crippen LogP contribution in [0.1, 0.15) is 24.4 Å². The number of hydrogen-bond donors (Lipinski definition) is 1. The van der Waals surface area contributed by atoms with Crippen LogP contribution in [0.25, 0.3) is 0 Å². The van der Waals surface area contributed by atoms with Crippen molar-refractivity contribution in [2.75, 3.05) is 33.6 Å². The maximum Gasteiger partial charge on any atom is 0.132 e. The molecule has 4 atom stereocenters. The second-order valence-corrected chi connectivity index (χ2v) is 8.67. The van der Waals surface area contributed by atoms with Gasteiger partial charge in [-0.2, -0.15) is 5.10 Å². The summed E-state index contributed by atoms with van der Waals surface area (Å²) in [5, 5.41) is 15.0. The van der Waals surface area contributed by atoms with E-state index in [-0.39, 0.29) is 12.1 Å². The van der Waals surface area contributed by atoms with Crippen molar-refractivity contribution in [3.8, 4) is 11.5 Å². The van der Waals surface area contributed by atoms with E-state index in [0.717, 1.165) is 54.4 Å². The summed E-state index contributed by atoms with van der Waals surface area (Å²) < 4.78 is 13.1. The summed E-state index contributed by atoms with van der Waals surface area (Å²) >= 11 is 1.66. The lowest BCUT2D eigenvalue weighted by Crippen LogP contribution is -2.36. The van der Waals surface area contributed by atoms with E-state index in [9.17, 15) is 5.11 Å². The van der Waals surface area contributed by atoms with Crippen molar-refractivity contribution < 1.29 is 14.6 Å². The first-order valence-electron chi connectivity index (χ1n) is 9.81. The Hall–Kier alpha value is -1.70. The van der Waals surface area contributed by atoms with Crippen LogP contribution in [-0.4, -0.2) is 59.5 Å². The number of ether oxygens (including phenoxy) is 2. The van der Waals surface area contributed by atoms with Gasteiger partial charge in [-0.05, 0) is 49.1 Å². The lowest BCUT2D eigenvalue weighted by Gasteiger charge is -2.35. The molecule has 1 N–H and O–H groups in total. The molecule has 2 heterocycles. The molecule has 1 aliphatic heterocycles. The van der Waals surface area contributed by atoms with Gasteiger partial charge in [-0.3, -0.25) is 9.58 Å². The van der Waals surface area contributed by atoms with E-state index in [1.165, 1.54) is 0 Å². The standard InChI is InChI=1S/C21H29N3O3S/c1-26-19-10-21(28-3)20(27-2)9-16(19)13-23-11-14-7-17(24-6-4-5-22-24)18(25)8-15(14)12-23/h4-6,9-10,14-15,17-18,25H,7-8,11-13H2,1-3H3/t14-,15+,17-,18-/m1/s1. The molecule has 152 valence electrons. The molecule has 4 rings (SSSR count). The SMILES string of the molecule is COc1cc(SC)c(OC)cc1CN1C[C@H]2C[C@@H](n3cccn3)[C@H](O)C[C@H]2C1. The van der Waals surface area contributed by atoms with E-state index in [0.29, 0.717) is 11.8 Å². The molecule has 0 amide bonds. The Kier molecular flexibility index (Phi) is 5.85. The Balaban J connectivity index is 1.48. The van der Waals surface area contributed by atoms with Crippen LogP contribution in [0.15, 0.2) is 35.5 Å². The van der Waals surface area contributed by atoms with Crippen LogP contribution in [0.4, 0.5) is 0 Å². The predicted octanol–water partition coefficient (Wildman–Crippen LogP) is 3.07. The first-order valence-corrected chi connectivity index (χ1v) is 11.0. The van der Waals surface area contributed by atoms with Gasteiger partial charge in [0.05, 0.1) is 31.3 Å². The van der Waals surface area contributed by atoms with Gasteiger partial charge in [0, 0.05) is 37.6 Å². The zero-order valence-electron chi connectivity index (χ0n) is 16.7. The number of nitrogens with zero attached hydrogens (tertiary/aromatic N) is 3. The summed E-state index contributed by atoms with van der Waals surface area (Å²) in [5.41, 5.74) is 1.15. The van der Waals surface area contributed by atoms with E-state index < -0.39 is 0 Å². The molecule has 2 aromatic rings. The molecule has 0 radical (unpaired) electrons. The Bertz CT molecular complexity index is 798. The van der Waals surface area contributed by atoms with E-state index in [4.69, 9.17) is 9.47 Å². The highest BCUT2D eigenvalue weighted by atomic mass is 32.2. The molecule has 0 spiro atoms. The first-order chi connectivity index (χ1) is 13.6. The van der Waals surface area contributed by atoms with E-state index in [1.807, 2.05) is 23.2 Å². The van der Waals surface area contributed by atoms with Crippen molar-refractivity contribution in [3.05, 3.63) is 36.2 Å². The molecular weight excluding hydrogens is 374 g/mol. The van der Waals surface area contributed by atoms with Gasteiger partial charge in [-0.25, -0.2) is 0 Å². The number of likely N-dealkylation sites (tertiary alicyclic amines) is 1. The monoisotopic (exact) mass is 403 g/mol. The van der Waals surface area contributed by atoms with Crippen LogP contribution < -0.4 is 9.47 Å². The zero-order valence-corrected chi connectivity index (χ0v) is 17.6. The van der Waals surface area contributed by atoms with Crippen LogP contribution in [-0.2, 0) is 6.54 Å². The second-order valence-electron chi connectivity index (χ2n) is 7.83. The smallest absolute Gasteiger partial charge is 0.132 e. The average molecular weight is 404 g/mol. The van der Waals surface area contributed by atoms with Gasteiger partial charge in [-0.1, -0.05) is 0 Å². The molecule has 1 aliphatic carbocycles. The van der Waals surface area contributed by atoms with E-state index in [2.05, 4.69) is 22.1 Å². The van der Waals surface area contributed by atoms with Gasteiger partial charge < -0.3 is 14.6 Å². The summed E-state index contributed by atoms with van der Waals surface area (Å²) in [7, 11) is 3.44. The van der Waals surface area contributed by atoms with Crippen molar-refractivity contribution in [3.63, 3.8) is 0 Å². The second kappa shape index (κ2) is 8.35. The number of rotatable bonds is 6. The van der Waals surface area contributed by atoms with Crippen molar-refractivity contribution in [1.29, 1.82) is 0 Å². The summed E-state index contributed by atoms with van der Waals surface area (Å²) in [6, 6.07) is 6.19. The number of aromatic nitrogens is 2. The molecule has 6 nitrogen and oxygen atoms in total. The number of methoxy groups -OCH3 is 2. The highest BCUT2D eigenvalue weighted by molar-refractivity contribution is 7.98. The lowest BCUT2D eigenvalue weighted by molar-refractivity contribution is 0.0306. The minimum Gasteiger partial charge on any atom is -0.496 e. The fourth-order valence-corrected chi connectivity index (χ4v) is 5.42. The van der Waals surface area contributed by atoms with Crippen LogP contribution >= 0.6 is 11.8 Å². The Labute approximate surface area is 170 Å². The molecule has 7 heteroatoms. The predicted molar refractivity (Wildman–Crippen MR) is 110 cm³/mol. The maximum absolute atomic E-state index is 10.7. The molecule has 0 unspecified atom stereocenters. The molecule has 2 aliphatic rings. The van der Waals surface area contributed by atoms with Crippen LogP contribution in [0.3, 0.4) is 0 Å². The topological polar surface area (TPSA) is 59.8 Å². The third kappa shape index (κ3) is 3.75. The zero-order chi connectivity index (χ0) is 19.7. The molecule has 28 heavy (non-hydrogen) atoms. The van der Waals surface area contributed by atoms with Crippen molar-refractivity contribution in [1.82, 2.24) is 14.7 Å². The van der Waals surface area contributed by atoms with Gasteiger partial charge in [0.1, 0.15) is 11.5 Å². The van der Waals surface area contributed by atoms with Gasteiger partial charge in [-0.15, -0.1) is 11.8 Å². The van der Waals surface area contributed by atoms with Crippen LogP contribution in [0.2, 0.25) is 0 Å². The number of aliphatic hydroxyl groups excluding tert-OH is 1. The van der Waals surface area contributed by atoms with Gasteiger partial charge in [0.2, 0.25) is 0 Å². The van der Waals surface area contributed by atoms with Crippen LogP contribution in [0, 0.1) is 11.8 Å². The number of benzene rings is 1. The molecule has 1 saturated heterocycles. The quantitative estimate of drug-likeness (QED) is 0.748.